The lowest BCUT2D eigenvalue weighted by atomic mass is 9.97. The number of hydrogen-bond acceptors (Lipinski definition) is 1. The minimum atomic E-state index is -0.189. The molecule has 7 rings (SSSR count). The second kappa shape index (κ2) is 5.22. The molecule has 0 amide bonds. The second-order valence-corrected chi connectivity index (χ2v) is 8.15. The summed E-state index contributed by atoms with van der Waals surface area (Å²) in [6, 6.07) is 20.1. The number of benzene rings is 4. The van der Waals surface area contributed by atoms with E-state index < -0.39 is 0 Å². The molecule has 0 fully saturated rings. The molecule has 0 bridgehead atoms. The quantitative estimate of drug-likeness (QED) is 0.182. The van der Waals surface area contributed by atoms with Gasteiger partial charge in [0.2, 0.25) is 0 Å². The van der Waals surface area contributed by atoms with E-state index in [0.29, 0.717) is 5.39 Å². The molecule has 3 nitrogen and oxygen atoms in total. The van der Waals surface area contributed by atoms with E-state index in [9.17, 15) is 0 Å². The van der Waals surface area contributed by atoms with E-state index in [0.717, 1.165) is 38.4 Å². The van der Waals surface area contributed by atoms with Gasteiger partial charge in [0.15, 0.2) is 5.52 Å². The Hall–Kier alpha value is -3.79. The standard InChI is InChI=1S/C26H17FN3/c1-14-16-7-4-3-6-15(16)12-21-22(14)26-24-19(28-13-29(26)2)11-10-17-23-18(27)8-5-9-20(23)30(21)25(17)24/h3-13H,1-2H3/q+1. The molecule has 0 aliphatic carbocycles. The van der Waals surface area contributed by atoms with Crippen molar-refractivity contribution < 1.29 is 8.96 Å². The van der Waals surface area contributed by atoms with Gasteiger partial charge in [0.1, 0.15) is 11.3 Å². The summed E-state index contributed by atoms with van der Waals surface area (Å²) in [5.74, 6) is -0.189. The maximum absolute atomic E-state index is 15.0. The molecule has 4 heteroatoms. The highest BCUT2D eigenvalue weighted by atomic mass is 19.1. The van der Waals surface area contributed by atoms with Crippen molar-refractivity contribution in [2.24, 2.45) is 7.05 Å². The molecule has 0 saturated carbocycles. The van der Waals surface area contributed by atoms with Crippen molar-refractivity contribution in [3.8, 4) is 0 Å². The number of hydrogen-bond donors (Lipinski definition) is 0. The number of aryl methyl sites for hydroxylation is 2. The van der Waals surface area contributed by atoms with Crippen LogP contribution in [-0.4, -0.2) is 9.38 Å². The lowest BCUT2D eigenvalue weighted by molar-refractivity contribution is -0.646. The normalized spacial score (nSPS) is 12.5. The molecule has 0 radical (unpaired) electrons. The average Bonchev–Trinajstić information content (AvgIpc) is 3.11. The Labute approximate surface area is 170 Å². The van der Waals surface area contributed by atoms with Crippen LogP contribution in [0.25, 0.3) is 59.9 Å². The van der Waals surface area contributed by atoms with Crippen LogP contribution in [-0.2, 0) is 7.05 Å². The SMILES string of the molecule is Cc1c2ccccc2cc2c1c1c3c(ccc4c5c(F)cccc5n2c43)nc[n+]1C. The molecule has 0 N–H and O–H groups in total. The molecule has 142 valence electrons. The van der Waals surface area contributed by atoms with Crippen LogP contribution < -0.4 is 4.57 Å². The number of aromatic nitrogens is 3. The third-order valence-corrected chi connectivity index (χ3v) is 6.61. The Kier molecular flexibility index (Phi) is 2.79. The predicted octanol–water partition coefficient (Wildman–Crippen LogP) is 5.81. The average molecular weight is 390 g/mol. The number of pyridine rings is 1. The minimum absolute atomic E-state index is 0.189. The van der Waals surface area contributed by atoms with Crippen molar-refractivity contribution in [2.75, 3.05) is 0 Å². The Morgan fingerprint density at radius 2 is 1.73 bits per heavy atom. The van der Waals surface area contributed by atoms with Crippen LogP contribution in [0.3, 0.4) is 0 Å². The van der Waals surface area contributed by atoms with Crippen molar-refractivity contribution in [1.82, 2.24) is 9.38 Å². The summed E-state index contributed by atoms with van der Waals surface area (Å²) in [6.45, 7) is 2.19. The molecule has 30 heavy (non-hydrogen) atoms. The van der Waals surface area contributed by atoms with Crippen molar-refractivity contribution in [3.63, 3.8) is 0 Å². The third kappa shape index (κ3) is 1.71. The Bertz CT molecular complexity index is 1830. The molecule has 4 aromatic carbocycles. The maximum Gasteiger partial charge on any atom is 0.287 e. The molecule has 0 atom stereocenters. The van der Waals surface area contributed by atoms with E-state index in [1.54, 1.807) is 12.1 Å². The van der Waals surface area contributed by atoms with Crippen LogP contribution in [0.15, 0.2) is 67.0 Å². The Morgan fingerprint density at radius 3 is 2.63 bits per heavy atom. The van der Waals surface area contributed by atoms with Gasteiger partial charge in [-0.2, -0.15) is 0 Å². The van der Waals surface area contributed by atoms with E-state index in [1.165, 1.54) is 21.7 Å². The zero-order valence-electron chi connectivity index (χ0n) is 16.6. The van der Waals surface area contributed by atoms with Gasteiger partial charge in [-0.05, 0) is 58.6 Å². The van der Waals surface area contributed by atoms with Gasteiger partial charge in [-0.25, -0.2) is 8.96 Å². The van der Waals surface area contributed by atoms with Gasteiger partial charge in [0.25, 0.3) is 6.33 Å². The lowest BCUT2D eigenvalue weighted by Gasteiger charge is -2.14. The predicted molar refractivity (Wildman–Crippen MR) is 120 cm³/mol. The first-order valence-corrected chi connectivity index (χ1v) is 10.1. The molecule has 0 spiro atoms. The van der Waals surface area contributed by atoms with E-state index >= 15 is 4.39 Å². The van der Waals surface area contributed by atoms with E-state index in [4.69, 9.17) is 0 Å². The van der Waals surface area contributed by atoms with Gasteiger partial charge in [-0.3, -0.25) is 0 Å². The fraction of sp³-hybridized carbons (Fsp3) is 0.0769. The zero-order valence-corrected chi connectivity index (χ0v) is 16.6. The first-order chi connectivity index (χ1) is 14.6. The highest BCUT2D eigenvalue weighted by Gasteiger charge is 2.25. The summed E-state index contributed by atoms with van der Waals surface area (Å²) in [4.78, 5) is 4.68. The van der Waals surface area contributed by atoms with Crippen molar-refractivity contribution in [3.05, 3.63) is 78.4 Å². The molecule has 3 aromatic heterocycles. The molecule has 3 heterocycles. The van der Waals surface area contributed by atoms with Gasteiger partial charge >= 0.3 is 0 Å². The lowest BCUT2D eigenvalue weighted by Crippen LogP contribution is -2.30. The molecule has 0 aliphatic heterocycles. The zero-order chi connectivity index (χ0) is 20.1. The van der Waals surface area contributed by atoms with E-state index in [1.807, 2.05) is 31.6 Å². The molecular weight excluding hydrogens is 373 g/mol. The maximum atomic E-state index is 15.0. The molecule has 0 saturated heterocycles. The Balaban J connectivity index is 1.99. The highest BCUT2D eigenvalue weighted by Crippen LogP contribution is 2.42. The largest absolute Gasteiger partial charge is 0.307 e. The first kappa shape index (κ1) is 16.1. The Morgan fingerprint density at radius 1 is 0.867 bits per heavy atom. The van der Waals surface area contributed by atoms with Crippen molar-refractivity contribution >= 4 is 59.9 Å². The topological polar surface area (TPSA) is 21.2 Å². The molecular formula is C26H17FN3+. The van der Waals surface area contributed by atoms with Gasteiger partial charge in [-0.15, -0.1) is 0 Å². The fourth-order valence-corrected chi connectivity index (χ4v) is 5.36. The van der Waals surface area contributed by atoms with Gasteiger partial charge in [0, 0.05) is 16.2 Å². The van der Waals surface area contributed by atoms with Crippen LogP contribution in [0.1, 0.15) is 5.56 Å². The van der Waals surface area contributed by atoms with Crippen LogP contribution in [0.4, 0.5) is 4.39 Å². The van der Waals surface area contributed by atoms with Crippen molar-refractivity contribution in [2.45, 2.75) is 6.92 Å². The summed E-state index contributed by atoms with van der Waals surface area (Å²) in [6.07, 6.45) is 1.88. The smallest absolute Gasteiger partial charge is 0.287 e. The fourth-order valence-electron chi connectivity index (χ4n) is 5.36. The van der Waals surface area contributed by atoms with Crippen LogP contribution in [0, 0.1) is 12.7 Å². The van der Waals surface area contributed by atoms with E-state index in [2.05, 4.69) is 51.2 Å². The van der Waals surface area contributed by atoms with Crippen LogP contribution >= 0.6 is 0 Å². The summed E-state index contributed by atoms with van der Waals surface area (Å²) < 4.78 is 19.4. The number of nitrogens with zero attached hydrogens (tertiary/aromatic N) is 3. The van der Waals surface area contributed by atoms with Crippen LogP contribution in [0.5, 0.6) is 0 Å². The highest BCUT2D eigenvalue weighted by molar-refractivity contribution is 6.27. The van der Waals surface area contributed by atoms with Crippen molar-refractivity contribution in [1.29, 1.82) is 0 Å². The monoisotopic (exact) mass is 390 g/mol. The molecule has 7 aromatic rings. The first-order valence-electron chi connectivity index (χ1n) is 10.1. The van der Waals surface area contributed by atoms with Crippen LogP contribution in [0.2, 0.25) is 0 Å². The summed E-state index contributed by atoms with van der Waals surface area (Å²) in [5.41, 5.74) is 6.32. The minimum Gasteiger partial charge on any atom is -0.307 e. The number of fused-ring (bicyclic) bond motifs is 7. The summed E-state index contributed by atoms with van der Waals surface area (Å²) in [7, 11) is 2.04. The summed E-state index contributed by atoms with van der Waals surface area (Å²) in [5, 5.41) is 6.29. The number of halogens is 1. The number of rotatable bonds is 0. The van der Waals surface area contributed by atoms with Gasteiger partial charge < -0.3 is 4.40 Å². The summed E-state index contributed by atoms with van der Waals surface area (Å²) >= 11 is 0. The molecule has 0 aliphatic rings. The van der Waals surface area contributed by atoms with Gasteiger partial charge in [0.05, 0.1) is 29.0 Å². The second-order valence-electron chi connectivity index (χ2n) is 8.15. The van der Waals surface area contributed by atoms with E-state index in [-0.39, 0.29) is 5.82 Å². The van der Waals surface area contributed by atoms with Gasteiger partial charge in [-0.1, -0.05) is 30.3 Å². The third-order valence-electron chi connectivity index (χ3n) is 6.61. The molecule has 0 unspecified atom stereocenters.